The summed E-state index contributed by atoms with van der Waals surface area (Å²) in [6.45, 7) is 8.12. The molecular formula is C30H28N4O. The summed E-state index contributed by atoms with van der Waals surface area (Å²) < 4.78 is 1.91. The minimum atomic E-state index is -0.121. The third-order valence-electron chi connectivity index (χ3n) is 6.42. The van der Waals surface area contributed by atoms with Crippen LogP contribution in [0.3, 0.4) is 0 Å². The van der Waals surface area contributed by atoms with Crippen LogP contribution in [0, 0.1) is 20.8 Å². The number of nitrogens with one attached hydrogen (secondary N) is 1. The van der Waals surface area contributed by atoms with Crippen molar-refractivity contribution in [3.63, 3.8) is 0 Å². The van der Waals surface area contributed by atoms with E-state index >= 15 is 0 Å². The fourth-order valence-corrected chi connectivity index (χ4v) is 4.37. The Labute approximate surface area is 205 Å². The molecule has 0 radical (unpaired) electrons. The van der Waals surface area contributed by atoms with Gasteiger partial charge >= 0.3 is 0 Å². The highest BCUT2D eigenvalue weighted by atomic mass is 16.1. The molecule has 5 nitrogen and oxygen atoms in total. The van der Waals surface area contributed by atoms with Gasteiger partial charge in [0.15, 0.2) is 0 Å². The van der Waals surface area contributed by atoms with E-state index in [0.717, 1.165) is 44.7 Å². The smallest absolute Gasteiger partial charge is 0.252 e. The average Bonchev–Trinajstić information content (AvgIpc) is 3.25. The molecule has 5 rings (SSSR count). The molecule has 1 N–H and O–H groups in total. The summed E-state index contributed by atoms with van der Waals surface area (Å²) in [5.74, 6) is -0.121. The topological polar surface area (TPSA) is 59.8 Å². The molecule has 0 saturated heterocycles. The molecular weight excluding hydrogens is 432 g/mol. The Morgan fingerprint density at radius 2 is 1.60 bits per heavy atom. The number of aromatic nitrogens is 3. The van der Waals surface area contributed by atoms with Crippen molar-refractivity contribution in [3.8, 4) is 16.9 Å². The number of nitrogens with zero attached hydrogens (tertiary/aromatic N) is 3. The molecule has 35 heavy (non-hydrogen) atoms. The van der Waals surface area contributed by atoms with Crippen molar-refractivity contribution in [2.45, 2.75) is 33.7 Å². The van der Waals surface area contributed by atoms with Gasteiger partial charge in [0.05, 0.1) is 40.4 Å². The van der Waals surface area contributed by atoms with Crippen molar-refractivity contribution in [2.24, 2.45) is 0 Å². The molecule has 0 aliphatic carbocycles. The molecule has 0 aliphatic heterocycles. The number of pyridine rings is 1. The second-order valence-corrected chi connectivity index (χ2v) is 9.07. The fourth-order valence-electron chi connectivity index (χ4n) is 4.37. The average molecular weight is 461 g/mol. The van der Waals surface area contributed by atoms with E-state index in [1.165, 1.54) is 5.56 Å². The second kappa shape index (κ2) is 9.18. The molecule has 0 bridgehead atoms. The monoisotopic (exact) mass is 460 g/mol. The van der Waals surface area contributed by atoms with Gasteiger partial charge in [0.25, 0.3) is 5.91 Å². The van der Waals surface area contributed by atoms with Crippen LogP contribution in [-0.2, 0) is 0 Å². The van der Waals surface area contributed by atoms with E-state index in [9.17, 15) is 4.79 Å². The highest BCUT2D eigenvalue weighted by Gasteiger charge is 2.19. The standard InChI is InChI=1S/C30H28N4O/c1-19-10-13-24(14-11-19)34-22(4)27(18-31-34)29-17-26(25-16-20(2)12-15-28(25)33-29)30(35)32-21(3)23-8-6-5-7-9-23/h5-18,21H,1-4H3,(H,32,35)/t21-/m0/s1. The van der Waals surface area contributed by atoms with Gasteiger partial charge in [-0.2, -0.15) is 5.10 Å². The zero-order valence-electron chi connectivity index (χ0n) is 20.4. The van der Waals surface area contributed by atoms with Crippen LogP contribution in [0.1, 0.15) is 45.7 Å². The Bertz CT molecular complexity index is 1520. The van der Waals surface area contributed by atoms with Gasteiger partial charge < -0.3 is 5.32 Å². The first-order chi connectivity index (χ1) is 16.9. The van der Waals surface area contributed by atoms with Crippen LogP contribution in [0.2, 0.25) is 0 Å². The Kier molecular flexibility index (Phi) is 5.91. The first-order valence-electron chi connectivity index (χ1n) is 11.8. The third-order valence-corrected chi connectivity index (χ3v) is 6.42. The first-order valence-corrected chi connectivity index (χ1v) is 11.8. The van der Waals surface area contributed by atoms with Crippen molar-refractivity contribution in [1.29, 1.82) is 0 Å². The highest BCUT2D eigenvalue weighted by molar-refractivity contribution is 6.07. The van der Waals surface area contributed by atoms with Crippen LogP contribution in [-0.4, -0.2) is 20.7 Å². The molecule has 5 aromatic rings. The van der Waals surface area contributed by atoms with Crippen molar-refractivity contribution < 1.29 is 4.79 Å². The van der Waals surface area contributed by atoms with Gasteiger partial charge in [-0.05, 0) is 63.6 Å². The van der Waals surface area contributed by atoms with E-state index in [4.69, 9.17) is 4.98 Å². The van der Waals surface area contributed by atoms with Gasteiger partial charge in [-0.3, -0.25) is 4.79 Å². The zero-order valence-corrected chi connectivity index (χ0v) is 20.4. The predicted molar refractivity (Wildman–Crippen MR) is 141 cm³/mol. The minimum Gasteiger partial charge on any atom is -0.345 e. The Morgan fingerprint density at radius 1 is 0.886 bits per heavy atom. The minimum absolute atomic E-state index is 0.119. The van der Waals surface area contributed by atoms with Gasteiger partial charge in [0, 0.05) is 10.9 Å². The summed E-state index contributed by atoms with van der Waals surface area (Å²) in [4.78, 5) is 18.4. The van der Waals surface area contributed by atoms with E-state index in [1.807, 2.05) is 86.2 Å². The Balaban J connectivity index is 1.58. The largest absolute Gasteiger partial charge is 0.345 e. The number of carbonyl (C=O) groups excluding carboxylic acids is 1. The van der Waals surface area contributed by atoms with Crippen LogP contribution in [0.4, 0.5) is 0 Å². The number of hydrogen-bond donors (Lipinski definition) is 1. The van der Waals surface area contributed by atoms with E-state index < -0.39 is 0 Å². The van der Waals surface area contributed by atoms with Crippen LogP contribution in [0.25, 0.3) is 27.8 Å². The quantitative estimate of drug-likeness (QED) is 0.325. The molecule has 0 aliphatic rings. The fraction of sp³-hybridized carbons (Fsp3) is 0.167. The summed E-state index contributed by atoms with van der Waals surface area (Å²) >= 11 is 0. The van der Waals surface area contributed by atoms with Gasteiger partial charge in [0.1, 0.15) is 0 Å². The zero-order chi connectivity index (χ0) is 24.5. The normalized spacial score (nSPS) is 12.0. The van der Waals surface area contributed by atoms with Gasteiger partial charge in [-0.15, -0.1) is 0 Å². The van der Waals surface area contributed by atoms with Crippen molar-refractivity contribution in [3.05, 3.63) is 113 Å². The Morgan fingerprint density at radius 3 is 2.34 bits per heavy atom. The number of aryl methyl sites for hydroxylation is 2. The van der Waals surface area contributed by atoms with Gasteiger partial charge in [-0.25, -0.2) is 9.67 Å². The maximum absolute atomic E-state index is 13.5. The molecule has 174 valence electrons. The van der Waals surface area contributed by atoms with Gasteiger partial charge in [0.2, 0.25) is 0 Å². The third kappa shape index (κ3) is 4.45. The van der Waals surface area contributed by atoms with E-state index in [1.54, 1.807) is 0 Å². The lowest BCUT2D eigenvalue weighted by Crippen LogP contribution is -2.27. The second-order valence-electron chi connectivity index (χ2n) is 9.07. The van der Waals surface area contributed by atoms with Crippen LogP contribution < -0.4 is 5.32 Å². The van der Waals surface area contributed by atoms with Crippen molar-refractivity contribution in [2.75, 3.05) is 0 Å². The first kappa shape index (κ1) is 22.5. The Hall–Kier alpha value is -4.25. The van der Waals surface area contributed by atoms with Crippen molar-refractivity contribution in [1.82, 2.24) is 20.1 Å². The number of benzene rings is 3. The molecule has 1 atom stereocenters. The molecule has 3 aromatic carbocycles. The lowest BCUT2D eigenvalue weighted by atomic mass is 10.0. The number of carbonyl (C=O) groups is 1. The number of fused-ring (bicyclic) bond motifs is 1. The lowest BCUT2D eigenvalue weighted by Gasteiger charge is -2.16. The SMILES string of the molecule is Cc1ccc(-n2ncc(-c3cc(C(=O)N[C@@H](C)c4ccccc4)c4cc(C)ccc4n3)c2C)cc1. The molecule has 0 spiro atoms. The summed E-state index contributed by atoms with van der Waals surface area (Å²) in [7, 11) is 0. The molecule has 5 heteroatoms. The summed E-state index contributed by atoms with van der Waals surface area (Å²) in [5.41, 5.74) is 8.33. The number of hydrogen-bond acceptors (Lipinski definition) is 3. The maximum atomic E-state index is 13.5. The van der Waals surface area contributed by atoms with Crippen LogP contribution >= 0.6 is 0 Å². The summed E-state index contributed by atoms with van der Waals surface area (Å²) in [5, 5.41) is 8.63. The van der Waals surface area contributed by atoms with E-state index in [2.05, 4.69) is 41.6 Å². The van der Waals surface area contributed by atoms with Crippen LogP contribution in [0.5, 0.6) is 0 Å². The van der Waals surface area contributed by atoms with Crippen LogP contribution in [0.15, 0.2) is 85.1 Å². The molecule has 0 unspecified atom stereocenters. The molecule has 2 heterocycles. The molecule has 0 saturated carbocycles. The number of amides is 1. The van der Waals surface area contributed by atoms with Gasteiger partial charge in [-0.1, -0.05) is 59.7 Å². The number of rotatable bonds is 5. The van der Waals surface area contributed by atoms with E-state index in [-0.39, 0.29) is 11.9 Å². The lowest BCUT2D eigenvalue weighted by molar-refractivity contribution is 0.0941. The molecule has 1 amide bonds. The summed E-state index contributed by atoms with van der Waals surface area (Å²) in [6, 6.07) is 26.0. The predicted octanol–water partition coefficient (Wildman–Crippen LogP) is 6.50. The maximum Gasteiger partial charge on any atom is 0.252 e. The molecule has 2 aromatic heterocycles. The summed E-state index contributed by atoms with van der Waals surface area (Å²) in [6.07, 6.45) is 1.83. The van der Waals surface area contributed by atoms with Crippen molar-refractivity contribution >= 4 is 16.8 Å². The van der Waals surface area contributed by atoms with E-state index in [0.29, 0.717) is 5.56 Å². The highest BCUT2D eigenvalue weighted by Crippen LogP contribution is 2.29. The molecule has 0 fully saturated rings.